The van der Waals surface area contributed by atoms with Crippen LogP contribution in [0.4, 0.5) is 0 Å². The highest BCUT2D eigenvalue weighted by Crippen LogP contribution is 2.43. The molecule has 1 aliphatic heterocycles. The highest BCUT2D eigenvalue weighted by atomic mass is 32.2. The molecule has 0 fully saturated rings. The molecule has 0 saturated heterocycles. The van der Waals surface area contributed by atoms with Crippen LogP contribution in [0.15, 0.2) is 69.7 Å². The molecule has 134 valence electrons. The van der Waals surface area contributed by atoms with Gasteiger partial charge in [0.25, 0.3) is 5.56 Å². The molecule has 3 aromatic rings. The molecule has 6 heteroatoms. The van der Waals surface area contributed by atoms with Gasteiger partial charge in [-0.1, -0.05) is 24.3 Å². The van der Waals surface area contributed by atoms with Crippen LogP contribution < -0.4 is 16.0 Å². The molecule has 0 unspecified atom stereocenters. The molecule has 2 heterocycles. The zero-order valence-electron chi connectivity index (χ0n) is 14.9. The number of para-hydroxylation sites is 1. The SMILES string of the molecule is CSc1ccc([C@@H]2C(C#N)=C(N)Oc3c2c(=O)n(C)c2ccccc32)cc1. The van der Waals surface area contributed by atoms with Crippen molar-refractivity contribution in [2.24, 2.45) is 12.8 Å². The molecule has 0 radical (unpaired) electrons. The maximum atomic E-state index is 13.2. The van der Waals surface area contributed by atoms with E-state index in [2.05, 4.69) is 6.07 Å². The molecule has 2 aromatic carbocycles. The molecule has 0 bridgehead atoms. The van der Waals surface area contributed by atoms with E-state index in [4.69, 9.17) is 10.5 Å². The van der Waals surface area contributed by atoms with Crippen LogP contribution in [0, 0.1) is 11.3 Å². The quantitative estimate of drug-likeness (QED) is 0.694. The van der Waals surface area contributed by atoms with Gasteiger partial charge in [-0.15, -0.1) is 11.8 Å². The van der Waals surface area contributed by atoms with Crippen molar-refractivity contribution in [2.45, 2.75) is 10.8 Å². The second-order valence-electron chi connectivity index (χ2n) is 6.32. The van der Waals surface area contributed by atoms with Gasteiger partial charge < -0.3 is 15.0 Å². The van der Waals surface area contributed by atoms with Crippen molar-refractivity contribution in [1.29, 1.82) is 5.26 Å². The van der Waals surface area contributed by atoms with Gasteiger partial charge in [0.2, 0.25) is 5.88 Å². The normalized spacial score (nSPS) is 16.0. The number of nitrogens with two attached hydrogens (primary N) is 1. The summed E-state index contributed by atoms with van der Waals surface area (Å²) < 4.78 is 7.39. The van der Waals surface area contributed by atoms with Crippen molar-refractivity contribution in [1.82, 2.24) is 4.57 Å². The van der Waals surface area contributed by atoms with E-state index in [0.717, 1.165) is 21.4 Å². The number of nitriles is 1. The Hall–Kier alpha value is -3.17. The lowest BCUT2D eigenvalue weighted by atomic mass is 9.83. The van der Waals surface area contributed by atoms with Gasteiger partial charge in [0.05, 0.1) is 17.0 Å². The van der Waals surface area contributed by atoms with Crippen LogP contribution in [0.5, 0.6) is 5.75 Å². The summed E-state index contributed by atoms with van der Waals surface area (Å²) in [6, 6.07) is 17.5. The van der Waals surface area contributed by atoms with Crippen molar-refractivity contribution >= 4 is 22.7 Å². The van der Waals surface area contributed by atoms with Crippen molar-refractivity contribution < 1.29 is 4.74 Å². The van der Waals surface area contributed by atoms with Gasteiger partial charge in [-0.25, -0.2) is 0 Å². The largest absolute Gasteiger partial charge is 0.439 e. The van der Waals surface area contributed by atoms with Crippen molar-refractivity contribution in [2.75, 3.05) is 6.26 Å². The van der Waals surface area contributed by atoms with Crippen LogP contribution in [-0.2, 0) is 7.05 Å². The Kier molecular flexibility index (Phi) is 4.17. The maximum Gasteiger partial charge on any atom is 0.258 e. The number of fused-ring (bicyclic) bond motifs is 3. The van der Waals surface area contributed by atoms with Crippen LogP contribution in [0.25, 0.3) is 10.9 Å². The zero-order chi connectivity index (χ0) is 19.1. The van der Waals surface area contributed by atoms with Gasteiger partial charge in [-0.3, -0.25) is 4.79 Å². The van der Waals surface area contributed by atoms with E-state index in [9.17, 15) is 10.1 Å². The number of rotatable bonds is 2. The molecule has 0 amide bonds. The summed E-state index contributed by atoms with van der Waals surface area (Å²) in [7, 11) is 1.73. The van der Waals surface area contributed by atoms with Crippen LogP contribution in [0.1, 0.15) is 17.0 Å². The van der Waals surface area contributed by atoms with E-state index in [1.54, 1.807) is 23.4 Å². The minimum absolute atomic E-state index is 0.0438. The fraction of sp³-hybridized carbons (Fsp3) is 0.143. The average molecular weight is 375 g/mol. The minimum atomic E-state index is -0.557. The predicted molar refractivity (Wildman–Crippen MR) is 107 cm³/mol. The lowest BCUT2D eigenvalue weighted by molar-refractivity contribution is 0.396. The molecule has 2 N–H and O–H groups in total. The molecule has 0 aliphatic carbocycles. The first-order chi connectivity index (χ1) is 13.1. The van der Waals surface area contributed by atoms with E-state index in [0.29, 0.717) is 11.3 Å². The molecule has 1 aliphatic rings. The number of pyridine rings is 1. The fourth-order valence-corrected chi connectivity index (χ4v) is 3.96. The van der Waals surface area contributed by atoms with E-state index in [1.165, 1.54) is 0 Å². The van der Waals surface area contributed by atoms with Gasteiger partial charge in [-0.2, -0.15) is 5.26 Å². The first-order valence-corrected chi connectivity index (χ1v) is 9.62. The summed E-state index contributed by atoms with van der Waals surface area (Å²) in [5.41, 5.74) is 8.19. The number of ether oxygens (including phenoxy) is 1. The lowest BCUT2D eigenvalue weighted by Gasteiger charge is -2.27. The third-order valence-corrected chi connectivity index (χ3v) is 5.66. The summed E-state index contributed by atoms with van der Waals surface area (Å²) in [6.07, 6.45) is 2.00. The summed E-state index contributed by atoms with van der Waals surface area (Å²) >= 11 is 1.63. The Bertz CT molecular complexity index is 1190. The summed E-state index contributed by atoms with van der Waals surface area (Å²) in [5, 5.41) is 10.5. The van der Waals surface area contributed by atoms with Gasteiger partial charge in [0, 0.05) is 17.3 Å². The number of aryl methyl sites for hydroxylation is 1. The van der Waals surface area contributed by atoms with Crippen molar-refractivity contribution in [3.63, 3.8) is 0 Å². The number of allylic oxidation sites excluding steroid dienone is 1. The Balaban J connectivity index is 2.07. The molecular weight excluding hydrogens is 358 g/mol. The highest BCUT2D eigenvalue weighted by Gasteiger charge is 2.35. The van der Waals surface area contributed by atoms with E-state index in [1.807, 2.05) is 54.8 Å². The smallest absolute Gasteiger partial charge is 0.258 e. The number of benzene rings is 2. The first kappa shape index (κ1) is 17.3. The Morgan fingerprint density at radius 2 is 1.89 bits per heavy atom. The van der Waals surface area contributed by atoms with Gasteiger partial charge in [-0.05, 0) is 36.1 Å². The number of nitrogens with zero attached hydrogens (tertiary/aromatic N) is 2. The first-order valence-electron chi connectivity index (χ1n) is 8.40. The Labute approximate surface area is 160 Å². The summed E-state index contributed by atoms with van der Waals surface area (Å²) in [5.74, 6) is -0.0792. The van der Waals surface area contributed by atoms with Crippen molar-refractivity contribution in [3.8, 4) is 11.8 Å². The fourth-order valence-electron chi connectivity index (χ4n) is 3.56. The lowest BCUT2D eigenvalue weighted by Crippen LogP contribution is -2.31. The summed E-state index contributed by atoms with van der Waals surface area (Å²) in [4.78, 5) is 14.3. The average Bonchev–Trinajstić information content (AvgIpc) is 2.71. The number of hydrogen-bond acceptors (Lipinski definition) is 5. The summed E-state index contributed by atoms with van der Waals surface area (Å²) in [6.45, 7) is 0. The molecule has 1 aromatic heterocycles. The van der Waals surface area contributed by atoms with Gasteiger partial charge in [0.15, 0.2) is 0 Å². The molecule has 5 nitrogen and oxygen atoms in total. The highest BCUT2D eigenvalue weighted by molar-refractivity contribution is 7.98. The Morgan fingerprint density at radius 3 is 2.56 bits per heavy atom. The van der Waals surface area contributed by atoms with Gasteiger partial charge >= 0.3 is 0 Å². The molecular formula is C21H17N3O2S. The number of thioether (sulfide) groups is 1. The van der Waals surface area contributed by atoms with E-state index >= 15 is 0 Å². The van der Waals surface area contributed by atoms with Crippen LogP contribution in [-0.4, -0.2) is 10.8 Å². The van der Waals surface area contributed by atoms with Crippen LogP contribution >= 0.6 is 11.8 Å². The third-order valence-electron chi connectivity index (χ3n) is 4.91. The van der Waals surface area contributed by atoms with Crippen LogP contribution in [0.3, 0.4) is 0 Å². The Morgan fingerprint density at radius 1 is 1.19 bits per heavy atom. The van der Waals surface area contributed by atoms with Crippen molar-refractivity contribution in [3.05, 3.63) is 81.5 Å². The molecule has 0 saturated carbocycles. The standard InChI is InChI=1S/C21H17N3O2S/c1-24-16-6-4-3-5-14(16)19-18(21(24)25)17(15(11-22)20(23)26-19)12-7-9-13(27-2)10-8-12/h3-10,17H,23H2,1-2H3/t17-/m1/s1. The zero-order valence-corrected chi connectivity index (χ0v) is 15.7. The third kappa shape index (κ3) is 2.59. The molecule has 27 heavy (non-hydrogen) atoms. The monoisotopic (exact) mass is 375 g/mol. The van der Waals surface area contributed by atoms with E-state index in [-0.39, 0.29) is 17.0 Å². The minimum Gasteiger partial charge on any atom is -0.439 e. The predicted octanol–water partition coefficient (Wildman–Crippen LogP) is 3.48. The van der Waals surface area contributed by atoms with Crippen LogP contribution in [0.2, 0.25) is 0 Å². The molecule has 1 atom stereocenters. The maximum absolute atomic E-state index is 13.2. The van der Waals surface area contributed by atoms with Gasteiger partial charge in [0.1, 0.15) is 17.4 Å². The topological polar surface area (TPSA) is 81.0 Å². The number of hydrogen-bond donors (Lipinski definition) is 1. The number of aromatic nitrogens is 1. The second-order valence-corrected chi connectivity index (χ2v) is 7.20. The molecule has 0 spiro atoms. The molecule has 4 rings (SSSR count). The van der Waals surface area contributed by atoms with E-state index < -0.39 is 5.92 Å². The second kappa shape index (κ2) is 6.53.